The average Bonchev–Trinajstić information content (AvgIpc) is 4.08. The first-order valence-corrected chi connectivity index (χ1v) is 25.2. The summed E-state index contributed by atoms with van der Waals surface area (Å²) in [6, 6.07) is 87.1. The molecule has 0 radical (unpaired) electrons. The summed E-state index contributed by atoms with van der Waals surface area (Å²) in [5.41, 5.74) is 24.1. The van der Waals surface area contributed by atoms with Crippen molar-refractivity contribution in [3.8, 4) is 44.8 Å². The van der Waals surface area contributed by atoms with Gasteiger partial charge >= 0.3 is 0 Å². The number of hydrogen-bond donors (Lipinski definition) is 1. The van der Waals surface area contributed by atoms with E-state index in [9.17, 15) is 0 Å². The van der Waals surface area contributed by atoms with Crippen LogP contribution in [-0.2, 0) is 10.8 Å². The fourth-order valence-electron chi connectivity index (χ4n) is 12.4. The van der Waals surface area contributed by atoms with Gasteiger partial charge in [0.2, 0.25) is 0 Å². The summed E-state index contributed by atoms with van der Waals surface area (Å²) < 4.78 is 4.92. The van der Waals surface area contributed by atoms with Crippen molar-refractivity contribution in [3.63, 3.8) is 0 Å². The van der Waals surface area contributed by atoms with Gasteiger partial charge in [0, 0.05) is 66.8 Å². The molecule has 0 unspecified atom stereocenters. The lowest BCUT2D eigenvalue weighted by Gasteiger charge is -2.28. The standard InChI is InChI=1S/C68H52N4/c1-67(2)59-27-14-11-24-53(59)55-37-32-47(41-61(55)67)69-46-19-17-18-45(40-46)44-30-33-50(34-31-44)72-63-29-16-13-26-57(63)65-58-42-51(36-39-64(58)71(66(65)72)49-22-9-6-10-23-49)70(48-20-7-5-8-21-48)52-35-38-56-54-25-12-15-28-60(54)68(3,4)62(56)43-52/h5-43,69H,1-4H3. The number of rotatable bonds is 8. The van der Waals surface area contributed by atoms with E-state index in [4.69, 9.17) is 0 Å². The van der Waals surface area contributed by atoms with Crippen molar-refractivity contribution in [2.45, 2.75) is 38.5 Å². The van der Waals surface area contributed by atoms with Gasteiger partial charge in [-0.25, -0.2) is 0 Å². The number of hydrogen-bond acceptors (Lipinski definition) is 2. The third-order valence-electron chi connectivity index (χ3n) is 15.9. The number of nitrogens with one attached hydrogen (secondary N) is 1. The van der Waals surface area contributed by atoms with Crippen molar-refractivity contribution in [1.29, 1.82) is 0 Å². The van der Waals surface area contributed by atoms with Crippen LogP contribution in [0.25, 0.3) is 77.6 Å². The van der Waals surface area contributed by atoms with Gasteiger partial charge in [0.25, 0.3) is 0 Å². The molecule has 0 fully saturated rings. The van der Waals surface area contributed by atoms with Gasteiger partial charge in [0.05, 0.1) is 11.0 Å². The molecule has 0 spiro atoms. The van der Waals surface area contributed by atoms with Gasteiger partial charge in [-0.05, 0) is 153 Å². The minimum atomic E-state index is -0.121. The van der Waals surface area contributed by atoms with Crippen LogP contribution in [0.15, 0.2) is 237 Å². The van der Waals surface area contributed by atoms with E-state index in [0.29, 0.717) is 0 Å². The van der Waals surface area contributed by atoms with E-state index in [1.165, 1.54) is 66.2 Å². The highest BCUT2D eigenvalue weighted by molar-refractivity contribution is 6.23. The molecule has 4 heteroatoms. The summed E-state index contributed by atoms with van der Waals surface area (Å²) in [5, 5.41) is 7.40. The minimum absolute atomic E-state index is 0.0548. The zero-order valence-electron chi connectivity index (χ0n) is 40.9. The molecular formula is C68H52N4. The molecule has 0 saturated carbocycles. The quantitative estimate of drug-likeness (QED) is 0.164. The SMILES string of the molecule is CC1(C)c2ccccc2-c2ccc(Nc3cccc(-c4ccc(-n5c6ccccc6c6c7cc(N(c8ccccc8)c8ccc9c(c8)C(C)(C)c8ccccc8-9)ccc7n(-c7ccccc7)c65)cc4)c3)cc21. The Morgan fingerprint density at radius 1 is 0.347 bits per heavy atom. The Bertz CT molecular complexity index is 4120. The van der Waals surface area contributed by atoms with Crippen molar-refractivity contribution in [2.75, 3.05) is 10.2 Å². The maximum Gasteiger partial charge on any atom is 0.131 e. The van der Waals surface area contributed by atoms with E-state index in [2.05, 4.69) is 284 Å². The Hall–Kier alpha value is -8.86. The summed E-state index contributed by atoms with van der Waals surface area (Å²) in [7, 11) is 0. The van der Waals surface area contributed by atoms with Crippen molar-refractivity contribution >= 4 is 61.3 Å². The van der Waals surface area contributed by atoms with Gasteiger partial charge < -0.3 is 10.2 Å². The van der Waals surface area contributed by atoms with E-state index in [0.717, 1.165) is 62.1 Å². The van der Waals surface area contributed by atoms with Crippen LogP contribution in [-0.4, -0.2) is 9.13 Å². The Morgan fingerprint density at radius 3 is 1.61 bits per heavy atom. The molecule has 2 aliphatic carbocycles. The molecule has 1 N–H and O–H groups in total. The maximum absolute atomic E-state index is 3.75. The van der Waals surface area contributed by atoms with Crippen LogP contribution in [0.1, 0.15) is 49.9 Å². The van der Waals surface area contributed by atoms with Gasteiger partial charge in [-0.3, -0.25) is 9.13 Å². The monoisotopic (exact) mass is 924 g/mol. The zero-order chi connectivity index (χ0) is 48.3. The van der Waals surface area contributed by atoms with Crippen LogP contribution in [0.2, 0.25) is 0 Å². The van der Waals surface area contributed by atoms with Crippen LogP contribution in [0.3, 0.4) is 0 Å². The Kier molecular flexibility index (Phi) is 9.25. The Morgan fingerprint density at radius 2 is 0.889 bits per heavy atom. The molecule has 2 aromatic heterocycles. The van der Waals surface area contributed by atoms with E-state index in [1.807, 2.05) is 0 Å². The molecule has 0 bridgehead atoms. The number of fused-ring (bicyclic) bond motifs is 11. The summed E-state index contributed by atoms with van der Waals surface area (Å²) in [6.07, 6.45) is 0. The van der Waals surface area contributed by atoms with Crippen molar-refractivity contribution in [3.05, 3.63) is 259 Å². The minimum Gasteiger partial charge on any atom is -0.356 e. The van der Waals surface area contributed by atoms with Crippen LogP contribution >= 0.6 is 0 Å². The third kappa shape index (κ3) is 6.31. The van der Waals surface area contributed by atoms with Crippen molar-refractivity contribution < 1.29 is 0 Å². The molecule has 0 atom stereocenters. The summed E-state index contributed by atoms with van der Waals surface area (Å²) >= 11 is 0. The van der Waals surface area contributed by atoms with E-state index < -0.39 is 0 Å². The zero-order valence-corrected chi connectivity index (χ0v) is 40.9. The van der Waals surface area contributed by atoms with Gasteiger partial charge in [0.15, 0.2) is 0 Å². The topological polar surface area (TPSA) is 25.1 Å². The maximum atomic E-state index is 3.75. The van der Waals surface area contributed by atoms with Crippen LogP contribution in [0, 0.1) is 0 Å². The number of aromatic nitrogens is 2. The predicted octanol–water partition coefficient (Wildman–Crippen LogP) is 18.2. The normalized spacial score (nSPS) is 13.8. The summed E-state index contributed by atoms with van der Waals surface area (Å²) in [4.78, 5) is 2.43. The predicted molar refractivity (Wildman–Crippen MR) is 303 cm³/mol. The fourth-order valence-corrected chi connectivity index (χ4v) is 12.4. The average molecular weight is 925 g/mol. The molecule has 12 aromatic rings. The number of anilines is 5. The summed E-state index contributed by atoms with van der Waals surface area (Å²) in [5.74, 6) is 0. The molecule has 2 aliphatic rings. The van der Waals surface area contributed by atoms with Crippen LogP contribution < -0.4 is 10.2 Å². The fraction of sp³-hybridized carbons (Fsp3) is 0.0882. The van der Waals surface area contributed by atoms with Crippen molar-refractivity contribution in [2.24, 2.45) is 0 Å². The largest absolute Gasteiger partial charge is 0.356 e. The lowest BCUT2D eigenvalue weighted by Crippen LogP contribution is -2.16. The molecule has 14 rings (SSSR count). The smallest absolute Gasteiger partial charge is 0.131 e. The van der Waals surface area contributed by atoms with E-state index >= 15 is 0 Å². The Balaban J connectivity index is 0.879. The van der Waals surface area contributed by atoms with E-state index in [1.54, 1.807) is 0 Å². The van der Waals surface area contributed by atoms with Crippen LogP contribution in [0.4, 0.5) is 28.4 Å². The number of para-hydroxylation sites is 3. The van der Waals surface area contributed by atoms with Gasteiger partial charge in [0.1, 0.15) is 5.65 Å². The van der Waals surface area contributed by atoms with Crippen molar-refractivity contribution in [1.82, 2.24) is 9.13 Å². The highest BCUT2D eigenvalue weighted by Gasteiger charge is 2.37. The molecule has 0 amide bonds. The van der Waals surface area contributed by atoms with Gasteiger partial charge in [-0.15, -0.1) is 0 Å². The highest BCUT2D eigenvalue weighted by Crippen LogP contribution is 2.52. The number of benzene rings is 10. The van der Waals surface area contributed by atoms with Crippen LogP contribution in [0.5, 0.6) is 0 Å². The van der Waals surface area contributed by atoms with Gasteiger partial charge in [-0.2, -0.15) is 0 Å². The molecule has 4 nitrogen and oxygen atoms in total. The van der Waals surface area contributed by atoms with Gasteiger partial charge in [-0.1, -0.05) is 167 Å². The second kappa shape index (κ2) is 15.8. The number of nitrogens with zero attached hydrogens (tertiary/aromatic N) is 3. The molecule has 2 heterocycles. The first-order chi connectivity index (χ1) is 35.2. The molecular weight excluding hydrogens is 873 g/mol. The first-order valence-electron chi connectivity index (χ1n) is 25.2. The third-order valence-corrected chi connectivity index (χ3v) is 15.9. The molecule has 0 aliphatic heterocycles. The molecule has 72 heavy (non-hydrogen) atoms. The lowest BCUT2D eigenvalue weighted by atomic mass is 9.82. The molecule has 10 aromatic carbocycles. The lowest BCUT2D eigenvalue weighted by molar-refractivity contribution is 0.660. The second-order valence-electron chi connectivity index (χ2n) is 20.7. The summed E-state index contributed by atoms with van der Waals surface area (Å²) in [6.45, 7) is 9.39. The highest BCUT2D eigenvalue weighted by atomic mass is 15.2. The molecule has 0 saturated heterocycles. The molecule has 344 valence electrons. The Labute approximate surface area is 420 Å². The second-order valence-corrected chi connectivity index (χ2v) is 20.7. The first kappa shape index (κ1) is 42.1. The van der Waals surface area contributed by atoms with E-state index in [-0.39, 0.29) is 10.8 Å².